The number of aromatic nitrogens is 3. The third-order valence-electron chi connectivity index (χ3n) is 9.63. The molecule has 0 radical (unpaired) electrons. The SMILES string of the molecule is c1ccc(-c2cccc(-c3nc(-c4ccccc4)nc(-c4ccc(C5(c6ccccc6)c6ccccc6-c6ccccc65)cc4)n3)c2)cc1. The van der Waals surface area contributed by atoms with Gasteiger partial charge in [-0.3, -0.25) is 0 Å². The highest BCUT2D eigenvalue weighted by molar-refractivity contribution is 5.86. The van der Waals surface area contributed by atoms with Crippen molar-refractivity contribution in [2.45, 2.75) is 5.41 Å². The summed E-state index contributed by atoms with van der Waals surface area (Å²) in [5.41, 5.74) is 12.2. The molecular formula is C46H31N3. The normalized spacial score (nSPS) is 12.7. The van der Waals surface area contributed by atoms with E-state index in [9.17, 15) is 0 Å². The summed E-state index contributed by atoms with van der Waals surface area (Å²) >= 11 is 0. The van der Waals surface area contributed by atoms with Crippen molar-refractivity contribution in [2.75, 3.05) is 0 Å². The predicted octanol–water partition coefficient (Wildman–Crippen LogP) is 10.9. The third kappa shape index (κ3) is 4.87. The van der Waals surface area contributed by atoms with E-state index in [2.05, 4.69) is 152 Å². The molecule has 1 aliphatic carbocycles. The van der Waals surface area contributed by atoms with E-state index in [-0.39, 0.29) is 0 Å². The Balaban J connectivity index is 1.20. The quantitative estimate of drug-likeness (QED) is 0.185. The highest BCUT2D eigenvalue weighted by Gasteiger charge is 2.45. The van der Waals surface area contributed by atoms with E-state index in [1.54, 1.807) is 0 Å². The van der Waals surface area contributed by atoms with Crippen LogP contribution < -0.4 is 0 Å². The van der Waals surface area contributed by atoms with Crippen molar-refractivity contribution in [1.29, 1.82) is 0 Å². The Kier molecular flexibility index (Phi) is 7.02. The van der Waals surface area contributed by atoms with Crippen molar-refractivity contribution in [3.05, 3.63) is 210 Å². The second kappa shape index (κ2) is 12.0. The molecule has 3 nitrogen and oxygen atoms in total. The first-order valence-corrected chi connectivity index (χ1v) is 16.6. The van der Waals surface area contributed by atoms with Crippen molar-refractivity contribution in [3.63, 3.8) is 0 Å². The van der Waals surface area contributed by atoms with Gasteiger partial charge in [0.15, 0.2) is 17.5 Å². The van der Waals surface area contributed by atoms with Crippen LogP contribution in [0.15, 0.2) is 188 Å². The van der Waals surface area contributed by atoms with Crippen LogP contribution in [0.4, 0.5) is 0 Å². The van der Waals surface area contributed by atoms with E-state index >= 15 is 0 Å². The molecule has 1 aromatic heterocycles. The molecule has 49 heavy (non-hydrogen) atoms. The number of hydrogen-bond donors (Lipinski definition) is 0. The average molecular weight is 626 g/mol. The molecule has 0 amide bonds. The van der Waals surface area contributed by atoms with Crippen LogP contribution in [0.5, 0.6) is 0 Å². The van der Waals surface area contributed by atoms with Gasteiger partial charge in [0.05, 0.1) is 5.41 Å². The maximum atomic E-state index is 5.09. The van der Waals surface area contributed by atoms with Crippen LogP contribution in [0.25, 0.3) is 56.4 Å². The van der Waals surface area contributed by atoms with E-state index < -0.39 is 5.41 Å². The molecule has 3 heteroatoms. The van der Waals surface area contributed by atoms with Crippen LogP contribution in [-0.4, -0.2) is 15.0 Å². The molecule has 7 aromatic carbocycles. The molecule has 0 unspecified atom stereocenters. The second-order valence-electron chi connectivity index (χ2n) is 12.4. The third-order valence-corrected chi connectivity index (χ3v) is 9.63. The Morgan fingerprint density at radius 3 is 1.29 bits per heavy atom. The molecule has 1 heterocycles. The van der Waals surface area contributed by atoms with Crippen LogP contribution in [0.2, 0.25) is 0 Å². The van der Waals surface area contributed by atoms with Gasteiger partial charge in [0.1, 0.15) is 0 Å². The summed E-state index contributed by atoms with van der Waals surface area (Å²) in [6.45, 7) is 0. The molecule has 8 aromatic rings. The largest absolute Gasteiger partial charge is 0.208 e. The molecule has 0 saturated carbocycles. The van der Waals surface area contributed by atoms with Gasteiger partial charge >= 0.3 is 0 Å². The van der Waals surface area contributed by atoms with E-state index in [0.29, 0.717) is 17.5 Å². The lowest BCUT2D eigenvalue weighted by molar-refractivity contribution is 0.768. The summed E-state index contributed by atoms with van der Waals surface area (Å²) in [7, 11) is 0. The van der Waals surface area contributed by atoms with Crippen molar-refractivity contribution in [3.8, 4) is 56.4 Å². The van der Waals surface area contributed by atoms with Gasteiger partial charge in [0, 0.05) is 16.7 Å². The monoisotopic (exact) mass is 625 g/mol. The fourth-order valence-corrected chi connectivity index (χ4v) is 7.40. The van der Waals surface area contributed by atoms with Crippen LogP contribution in [0, 0.1) is 0 Å². The average Bonchev–Trinajstić information content (AvgIpc) is 3.50. The molecule has 0 fully saturated rings. The molecule has 0 N–H and O–H groups in total. The van der Waals surface area contributed by atoms with Crippen LogP contribution >= 0.6 is 0 Å². The summed E-state index contributed by atoms with van der Waals surface area (Å²) in [4.78, 5) is 15.1. The van der Waals surface area contributed by atoms with E-state index in [1.165, 1.54) is 33.4 Å². The summed E-state index contributed by atoms with van der Waals surface area (Å²) in [5, 5.41) is 0. The molecule has 0 bridgehead atoms. The minimum absolute atomic E-state index is 0.454. The van der Waals surface area contributed by atoms with Crippen molar-refractivity contribution in [2.24, 2.45) is 0 Å². The lowest BCUT2D eigenvalue weighted by atomic mass is 9.67. The van der Waals surface area contributed by atoms with Gasteiger partial charge in [-0.25, -0.2) is 15.0 Å². The van der Waals surface area contributed by atoms with Crippen molar-refractivity contribution in [1.82, 2.24) is 15.0 Å². The topological polar surface area (TPSA) is 38.7 Å². The Hall–Kier alpha value is -6.45. The molecule has 9 rings (SSSR count). The zero-order valence-corrected chi connectivity index (χ0v) is 26.7. The first-order valence-electron chi connectivity index (χ1n) is 16.6. The van der Waals surface area contributed by atoms with Crippen LogP contribution in [0.1, 0.15) is 22.3 Å². The van der Waals surface area contributed by atoms with Gasteiger partial charge < -0.3 is 0 Å². The van der Waals surface area contributed by atoms with Gasteiger partial charge in [-0.15, -0.1) is 0 Å². The van der Waals surface area contributed by atoms with Gasteiger partial charge in [0.2, 0.25) is 0 Å². The molecule has 230 valence electrons. The van der Waals surface area contributed by atoms with E-state index in [4.69, 9.17) is 15.0 Å². The molecule has 1 aliphatic rings. The summed E-state index contributed by atoms with van der Waals surface area (Å²) in [5.74, 6) is 1.93. The zero-order chi connectivity index (χ0) is 32.6. The lowest BCUT2D eigenvalue weighted by Crippen LogP contribution is -2.28. The molecule has 0 atom stereocenters. The van der Waals surface area contributed by atoms with Crippen LogP contribution in [0.3, 0.4) is 0 Å². The standard InChI is InChI=1S/C46H31N3/c1-4-15-32(16-5-1)35-19-14-20-36(31-35)45-48-43(33-17-6-2-7-18-33)47-44(49-45)34-27-29-38(30-28-34)46(37-21-8-3-9-22-37)41-25-12-10-23-39(41)40-24-11-13-26-42(40)46/h1-31H. The highest BCUT2D eigenvalue weighted by atomic mass is 15.0. The number of hydrogen-bond acceptors (Lipinski definition) is 3. The summed E-state index contributed by atoms with van der Waals surface area (Å²) in [6, 6.07) is 66.3. The molecule has 0 aliphatic heterocycles. The summed E-state index contributed by atoms with van der Waals surface area (Å²) < 4.78 is 0. The van der Waals surface area contributed by atoms with Gasteiger partial charge in [0.25, 0.3) is 0 Å². The Morgan fingerprint density at radius 2 is 0.694 bits per heavy atom. The first kappa shape index (κ1) is 28.7. The van der Waals surface area contributed by atoms with Crippen molar-refractivity contribution >= 4 is 0 Å². The van der Waals surface area contributed by atoms with Gasteiger partial charge in [-0.1, -0.05) is 182 Å². The van der Waals surface area contributed by atoms with E-state index in [1.807, 2.05) is 36.4 Å². The molecule has 0 saturated heterocycles. The first-order chi connectivity index (χ1) is 24.3. The predicted molar refractivity (Wildman–Crippen MR) is 199 cm³/mol. The van der Waals surface area contributed by atoms with Gasteiger partial charge in [-0.2, -0.15) is 0 Å². The Labute approximate surface area is 286 Å². The number of fused-ring (bicyclic) bond motifs is 3. The lowest BCUT2D eigenvalue weighted by Gasteiger charge is -2.34. The smallest absolute Gasteiger partial charge is 0.164 e. The highest BCUT2D eigenvalue weighted by Crippen LogP contribution is 2.56. The summed E-state index contributed by atoms with van der Waals surface area (Å²) in [6.07, 6.45) is 0. The number of benzene rings is 7. The molecular weight excluding hydrogens is 595 g/mol. The maximum Gasteiger partial charge on any atom is 0.164 e. The van der Waals surface area contributed by atoms with Gasteiger partial charge in [-0.05, 0) is 50.6 Å². The number of rotatable bonds is 6. The fourth-order valence-electron chi connectivity index (χ4n) is 7.40. The number of nitrogens with zero attached hydrogens (tertiary/aromatic N) is 3. The minimum Gasteiger partial charge on any atom is -0.208 e. The maximum absolute atomic E-state index is 5.09. The fraction of sp³-hybridized carbons (Fsp3) is 0.0217. The Morgan fingerprint density at radius 1 is 0.286 bits per heavy atom. The Bertz CT molecular complexity index is 2370. The minimum atomic E-state index is -0.454. The van der Waals surface area contributed by atoms with E-state index in [0.717, 1.165) is 27.8 Å². The second-order valence-corrected chi connectivity index (χ2v) is 12.4. The molecule has 0 spiro atoms. The van der Waals surface area contributed by atoms with Crippen molar-refractivity contribution < 1.29 is 0 Å². The zero-order valence-electron chi connectivity index (χ0n) is 26.7. The van der Waals surface area contributed by atoms with Crippen LogP contribution in [-0.2, 0) is 5.41 Å².